The van der Waals surface area contributed by atoms with Crippen LogP contribution in [0.3, 0.4) is 0 Å². The van der Waals surface area contributed by atoms with E-state index in [1.165, 1.54) is 22.9 Å². The number of aryl methyl sites for hydroxylation is 2. The fourth-order valence-corrected chi connectivity index (χ4v) is 3.65. The first-order valence-electron chi connectivity index (χ1n) is 10.9. The predicted octanol–water partition coefficient (Wildman–Crippen LogP) is 2.52. The van der Waals surface area contributed by atoms with Crippen molar-refractivity contribution in [1.29, 1.82) is 0 Å². The highest BCUT2D eigenvalue weighted by atomic mass is 16.6. The largest absolute Gasteiger partial charge is 0.450 e. The summed E-state index contributed by atoms with van der Waals surface area (Å²) in [4.78, 5) is 51.3. The van der Waals surface area contributed by atoms with Crippen LogP contribution in [0.25, 0.3) is 0 Å². The number of rotatable bonds is 6. The maximum Gasteiger partial charge on any atom is 0.409 e. The summed E-state index contributed by atoms with van der Waals surface area (Å²) in [6.07, 6.45) is 1.18. The van der Waals surface area contributed by atoms with Crippen LogP contribution in [0.5, 0.6) is 0 Å². The number of nitro benzene ring substituents is 1. The quantitative estimate of drug-likeness (QED) is 0.503. The average Bonchev–Trinajstić information content (AvgIpc) is 3.18. The van der Waals surface area contributed by atoms with Crippen LogP contribution < -0.4 is 5.32 Å². The molecule has 3 rings (SSSR count). The monoisotopic (exact) mass is 472 g/mol. The minimum absolute atomic E-state index is 0.137. The van der Waals surface area contributed by atoms with E-state index in [-0.39, 0.29) is 23.3 Å². The lowest BCUT2D eigenvalue weighted by Gasteiger charge is -2.35. The van der Waals surface area contributed by atoms with Crippen molar-refractivity contribution < 1.29 is 24.0 Å². The molecule has 1 fully saturated rings. The van der Waals surface area contributed by atoms with Crippen molar-refractivity contribution in [3.8, 4) is 0 Å². The predicted molar refractivity (Wildman–Crippen MR) is 123 cm³/mol. The van der Waals surface area contributed by atoms with Crippen molar-refractivity contribution >= 4 is 29.3 Å². The molecule has 1 saturated heterocycles. The molecular weight excluding hydrogens is 444 g/mol. The lowest BCUT2D eigenvalue weighted by atomic mass is 10.1. The van der Waals surface area contributed by atoms with Gasteiger partial charge >= 0.3 is 6.09 Å². The third kappa shape index (κ3) is 5.33. The van der Waals surface area contributed by atoms with Gasteiger partial charge in [0.15, 0.2) is 0 Å². The lowest BCUT2D eigenvalue weighted by molar-refractivity contribution is -0.385. The zero-order chi connectivity index (χ0) is 25.0. The van der Waals surface area contributed by atoms with Crippen molar-refractivity contribution in [3.05, 3.63) is 51.3 Å². The Hall–Kier alpha value is -3.96. The Kier molecular flexibility index (Phi) is 7.49. The lowest BCUT2D eigenvalue weighted by Crippen LogP contribution is -2.52. The molecule has 1 aliphatic rings. The summed E-state index contributed by atoms with van der Waals surface area (Å²) < 4.78 is 6.47. The molecule has 1 aliphatic heterocycles. The van der Waals surface area contributed by atoms with E-state index in [1.54, 1.807) is 43.7 Å². The molecule has 12 heteroatoms. The Morgan fingerprint density at radius 2 is 1.82 bits per heavy atom. The molecule has 1 unspecified atom stereocenters. The zero-order valence-electron chi connectivity index (χ0n) is 19.6. The van der Waals surface area contributed by atoms with Crippen LogP contribution in [-0.2, 0) is 9.53 Å². The van der Waals surface area contributed by atoms with Gasteiger partial charge in [-0.1, -0.05) is 6.07 Å². The summed E-state index contributed by atoms with van der Waals surface area (Å²) in [5.74, 6) is -0.669. The summed E-state index contributed by atoms with van der Waals surface area (Å²) in [6.45, 7) is 8.60. The Balaban J connectivity index is 1.66. The van der Waals surface area contributed by atoms with Crippen molar-refractivity contribution in [2.24, 2.45) is 0 Å². The standard InChI is InChI=1S/C22H28N6O6/c1-5-34-22(31)26-10-8-25(9-11-26)21(30)16(4)27-13-18(15(3)24-27)23-20(29)17-7-6-14(2)19(12-17)28(32)33/h6-7,12-13,16H,5,8-11H2,1-4H3,(H,23,29). The smallest absolute Gasteiger partial charge is 0.409 e. The number of nitrogens with zero attached hydrogens (tertiary/aromatic N) is 5. The van der Waals surface area contributed by atoms with Crippen molar-refractivity contribution in [1.82, 2.24) is 19.6 Å². The SMILES string of the molecule is CCOC(=O)N1CCN(C(=O)C(C)n2cc(NC(=O)c3ccc(C)c([N+](=O)[O-])c3)c(C)n2)CC1. The summed E-state index contributed by atoms with van der Waals surface area (Å²) in [5.41, 5.74) is 1.37. The van der Waals surface area contributed by atoms with E-state index in [1.807, 2.05) is 0 Å². The van der Waals surface area contributed by atoms with Gasteiger partial charge in [-0.05, 0) is 33.8 Å². The first kappa shape index (κ1) is 24.7. The molecule has 34 heavy (non-hydrogen) atoms. The number of nitrogens with one attached hydrogen (secondary N) is 1. The summed E-state index contributed by atoms with van der Waals surface area (Å²) >= 11 is 0. The highest BCUT2D eigenvalue weighted by molar-refractivity contribution is 6.05. The molecule has 182 valence electrons. The molecular formula is C22H28N6O6. The summed E-state index contributed by atoms with van der Waals surface area (Å²) in [6, 6.07) is 3.64. The number of amides is 3. The van der Waals surface area contributed by atoms with Crippen molar-refractivity contribution in [2.45, 2.75) is 33.7 Å². The Bertz CT molecular complexity index is 1110. The molecule has 2 heterocycles. The highest BCUT2D eigenvalue weighted by Gasteiger charge is 2.29. The van der Waals surface area contributed by atoms with E-state index < -0.39 is 16.9 Å². The van der Waals surface area contributed by atoms with Crippen LogP contribution in [0.4, 0.5) is 16.2 Å². The molecule has 12 nitrogen and oxygen atoms in total. The number of hydrogen-bond acceptors (Lipinski definition) is 7. The molecule has 2 aromatic rings. The molecule has 0 spiro atoms. The third-order valence-corrected chi connectivity index (χ3v) is 5.70. The first-order chi connectivity index (χ1) is 16.1. The van der Waals surface area contributed by atoms with E-state index >= 15 is 0 Å². The van der Waals surface area contributed by atoms with Gasteiger partial charge in [0.2, 0.25) is 5.91 Å². The second kappa shape index (κ2) is 10.3. The minimum atomic E-state index is -0.626. The third-order valence-electron chi connectivity index (χ3n) is 5.70. The molecule has 1 aromatic heterocycles. The number of anilines is 1. The Morgan fingerprint density at radius 1 is 1.18 bits per heavy atom. The van der Waals surface area contributed by atoms with Crippen LogP contribution in [0.15, 0.2) is 24.4 Å². The molecule has 0 bridgehead atoms. The normalized spacial score (nSPS) is 14.5. The summed E-state index contributed by atoms with van der Waals surface area (Å²) in [5, 5.41) is 18.2. The Labute approximate surface area is 196 Å². The molecule has 3 amide bonds. The maximum absolute atomic E-state index is 13.0. The number of aromatic nitrogens is 2. The van der Waals surface area contributed by atoms with Crippen LogP contribution in [0, 0.1) is 24.0 Å². The van der Waals surface area contributed by atoms with Gasteiger partial charge < -0.3 is 19.9 Å². The Morgan fingerprint density at radius 3 is 2.44 bits per heavy atom. The number of piperazine rings is 1. The fourth-order valence-electron chi connectivity index (χ4n) is 3.65. The summed E-state index contributed by atoms with van der Waals surface area (Å²) in [7, 11) is 0. The average molecular weight is 473 g/mol. The zero-order valence-corrected chi connectivity index (χ0v) is 19.6. The van der Waals surface area contributed by atoms with Gasteiger partial charge in [0.05, 0.1) is 22.9 Å². The molecule has 0 aliphatic carbocycles. The van der Waals surface area contributed by atoms with Gasteiger partial charge in [0.1, 0.15) is 6.04 Å². The second-order valence-electron chi connectivity index (χ2n) is 8.01. The number of benzene rings is 1. The minimum Gasteiger partial charge on any atom is -0.450 e. The maximum atomic E-state index is 13.0. The highest BCUT2D eigenvalue weighted by Crippen LogP contribution is 2.22. The van der Waals surface area contributed by atoms with E-state index in [0.29, 0.717) is 49.7 Å². The molecule has 0 radical (unpaired) electrons. The second-order valence-corrected chi connectivity index (χ2v) is 8.01. The molecule has 1 aromatic carbocycles. The van der Waals surface area contributed by atoms with Gasteiger partial charge in [-0.15, -0.1) is 0 Å². The molecule has 1 atom stereocenters. The molecule has 0 saturated carbocycles. The van der Waals surface area contributed by atoms with Gasteiger partial charge in [0.25, 0.3) is 11.6 Å². The van der Waals surface area contributed by atoms with E-state index in [4.69, 9.17) is 4.74 Å². The van der Waals surface area contributed by atoms with Gasteiger partial charge in [-0.25, -0.2) is 4.79 Å². The van der Waals surface area contributed by atoms with Crippen LogP contribution >= 0.6 is 0 Å². The van der Waals surface area contributed by atoms with Crippen LogP contribution in [0.2, 0.25) is 0 Å². The number of carbonyl (C=O) groups is 3. The van der Waals surface area contributed by atoms with Gasteiger partial charge in [0, 0.05) is 49.6 Å². The van der Waals surface area contributed by atoms with Crippen molar-refractivity contribution in [2.75, 3.05) is 38.1 Å². The first-order valence-corrected chi connectivity index (χ1v) is 10.9. The van der Waals surface area contributed by atoms with Crippen LogP contribution in [0.1, 0.15) is 41.5 Å². The van der Waals surface area contributed by atoms with E-state index in [9.17, 15) is 24.5 Å². The van der Waals surface area contributed by atoms with Gasteiger partial charge in [-0.2, -0.15) is 5.10 Å². The number of ether oxygens (including phenoxy) is 1. The van der Waals surface area contributed by atoms with Crippen molar-refractivity contribution in [3.63, 3.8) is 0 Å². The number of nitro groups is 1. The fraction of sp³-hybridized carbons (Fsp3) is 0.455. The van der Waals surface area contributed by atoms with Crippen LogP contribution in [-0.4, -0.2) is 75.2 Å². The number of carbonyl (C=O) groups excluding carboxylic acids is 3. The topological polar surface area (TPSA) is 140 Å². The number of hydrogen-bond donors (Lipinski definition) is 1. The van der Waals surface area contributed by atoms with E-state index in [2.05, 4.69) is 10.4 Å². The van der Waals surface area contributed by atoms with Gasteiger partial charge in [-0.3, -0.25) is 24.4 Å². The molecule has 1 N–H and O–H groups in total. The van der Waals surface area contributed by atoms with E-state index in [0.717, 1.165) is 0 Å².